The fourth-order valence-corrected chi connectivity index (χ4v) is 6.87. The SMILES string of the molecule is CC(=O)c1cccc(N2C(SCc3ccc(F)cc3Cl)=N[C@@H]3CS(=O)(=O)C[C@@H]32)c1. The number of anilines is 1. The molecular formula is C20H18ClFN2O3S2. The number of Topliss-reactive ketones (excluding diaryl/α,β-unsaturated/α-hetero) is 1. The fourth-order valence-electron chi connectivity index (χ4n) is 3.59. The molecule has 0 radical (unpaired) electrons. The summed E-state index contributed by atoms with van der Waals surface area (Å²) in [5.41, 5.74) is 2.05. The number of amidine groups is 1. The summed E-state index contributed by atoms with van der Waals surface area (Å²) in [7, 11) is -3.16. The molecule has 29 heavy (non-hydrogen) atoms. The van der Waals surface area contributed by atoms with E-state index in [-0.39, 0.29) is 29.4 Å². The smallest absolute Gasteiger partial charge is 0.164 e. The minimum atomic E-state index is -3.16. The Morgan fingerprint density at radius 1 is 1.28 bits per heavy atom. The molecule has 4 rings (SSSR count). The van der Waals surface area contributed by atoms with Crippen LogP contribution >= 0.6 is 23.4 Å². The van der Waals surface area contributed by atoms with Crippen LogP contribution in [0.4, 0.5) is 10.1 Å². The molecule has 2 aromatic rings. The Bertz CT molecular complexity index is 1120. The van der Waals surface area contributed by atoms with E-state index < -0.39 is 15.7 Å². The number of aliphatic imine (C=N–C) groups is 1. The lowest BCUT2D eigenvalue weighted by atomic mass is 10.1. The van der Waals surface area contributed by atoms with E-state index in [1.807, 2.05) is 11.0 Å². The monoisotopic (exact) mass is 452 g/mol. The third kappa shape index (κ3) is 4.20. The second kappa shape index (κ2) is 7.74. The number of nitrogens with zero attached hydrogens (tertiary/aromatic N) is 2. The Morgan fingerprint density at radius 2 is 2.07 bits per heavy atom. The molecule has 9 heteroatoms. The summed E-state index contributed by atoms with van der Waals surface area (Å²) in [4.78, 5) is 18.4. The maximum absolute atomic E-state index is 13.3. The highest BCUT2D eigenvalue weighted by atomic mass is 35.5. The maximum atomic E-state index is 13.3. The zero-order valence-electron chi connectivity index (χ0n) is 15.5. The minimum Gasteiger partial charge on any atom is -0.315 e. The van der Waals surface area contributed by atoms with Crippen molar-refractivity contribution < 1.29 is 17.6 Å². The highest BCUT2D eigenvalue weighted by Crippen LogP contribution is 2.36. The highest BCUT2D eigenvalue weighted by Gasteiger charge is 2.47. The van der Waals surface area contributed by atoms with Gasteiger partial charge in [0.15, 0.2) is 20.8 Å². The Morgan fingerprint density at radius 3 is 2.79 bits per heavy atom. The number of ketones is 1. The van der Waals surface area contributed by atoms with Crippen molar-refractivity contribution in [1.29, 1.82) is 0 Å². The molecule has 0 spiro atoms. The molecule has 0 amide bonds. The highest BCUT2D eigenvalue weighted by molar-refractivity contribution is 8.13. The van der Waals surface area contributed by atoms with E-state index in [1.165, 1.54) is 30.8 Å². The molecular weight excluding hydrogens is 435 g/mol. The van der Waals surface area contributed by atoms with Crippen LogP contribution in [-0.4, -0.2) is 43.0 Å². The van der Waals surface area contributed by atoms with E-state index in [2.05, 4.69) is 4.99 Å². The molecule has 152 valence electrons. The van der Waals surface area contributed by atoms with Crippen molar-refractivity contribution in [2.75, 3.05) is 16.4 Å². The molecule has 2 atom stereocenters. The number of carbonyl (C=O) groups is 1. The lowest BCUT2D eigenvalue weighted by Crippen LogP contribution is -2.39. The van der Waals surface area contributed by atoms with Crippen molar-refractivity contribution in [3.05, 3.63) is 64.4 Å². The lowest BCUT2D eigenvalue weighted by molar-refractivity contribution is 0.101. The summed E-state index contributed by atoms with van der Waals surface area (Å²) >= 11 is 7.55. The van der Waals surface area contributed by atoms with Crippen LogP contribution in [0.25, 0.3) is 0 Å². The summed E-state index contributed by atoms with van der Waals surface area (Å²) in [5, 5.41) is 1.01. The van der Waals surface area contributed by atoms with E-state index in [4.69, 9.17) is 11.6 Å². The van der Waals surface area contributed by atoms with Crippen molar-refractivity contribution >= 4 is 49.8 Å². The third-order valence-corrected chi connectivity index (χ3v) is 8.08. The first kappa shape index (κ1) is 20.4. The quantitative estimate of drug-likeness (QED) is 0.657. The Hall–Kier alpha value is -1.90. The van der Waals surface area contributed by atoms with Crippen LogP contribution in [-0.2, 0) is 15.6 Å². The standard InChI is InChI=1S/C20H18ClFN2O3S2/c1-12(25)13-3-2-4-16(7-13)24-19-11-29(26,27)10-18(19)23-20(24)28-9-14-5-6-15(22)8-17(14)21/h2-8,18-19H,9-11H2,1H3/t18-,19+/m1/s1. The van der Waals surface area contributed by atoms with Crippen molar-refractivity contribution in [3.8, 4) is 0 Å². The zero-order chi connectivity index (χ0) is 20.8. The van der Waals surface area contributed by atoms with E-state index in [9.17, 15) is 17.6 Å². The molecule has 1 saturated heterocycles. The molecule has 2 heterocycles. The predicted octanol–water partition coefficient (Wildman–Crippen LogP) is 3.96. The maximum Gasteiger partial charge on any atom is 0.164 e. The second-order valence-corrected chi connectivity index (χ2v) is 10.6. The molecule has 0 N–H and O–H groups in total. The van der Waals surface area contributed by atoms with E-state index >= 15 is 0 Å². The van der Waals surface area contributed by atoms with Crippen LogP contribution in [0.3, 0.4) is 0 Å². The first-order chi connectivity index (χ1) is 13.7. The van der Waals surface area contributed by atoms with E-state index in [1.54, 1.807) is 24.3 Å². The third-order valence-electron chi connectivity index (χ3n) is 5.01. The first-order valence-corrected chi connectivity index (χ1v) is 12.2. The van der Waals surface area contributed by atoms with Gasteiger partial charge in [-0.15, -0.1) is 0 Å². The average molecular weight is 453 g/mol. The molecule has 0 aliphatic carbocycles. The summed E-state index contributed by atoms with van der Waals surface area (Å²) in [6, 6.07) is 10.7. The Balaban J connectivity index is 1.65. The van der Waals surface area contributed by atoms with Crippen LogP contribution in [0.15, 0.2) is 47.5 Å². The predicted molar refractivity (Wildman–Crippen MR) is 115 cm³/mol. The minimum absolute atomic E-state index is 0.0158. The molecule has 0 saturated carbocycles. The number of rotatable bonds is 4. The van der Waals surface area contributed by atoms with Crippen molar-refractivity contribution in [1.82, 2.24) is 0 Å². The molecule has 2 aliphatic rings. The van der Waals surface area contributed by atoms with Crippen molar-refractivity contribution in [2.24, 2.45) is 4.99 Å². The number of hydrogen-bond donors (Lipinski definition) is 0. The Kier molecular flexibility index (Phi) is 5.44. The molecule has 5 nitrogen and oxygen atoms in total. The zero-order valence-corrected chi connectivity index (χ0v) is 17.9. The molecule has 1 fully saturated rings. The van der Waals surface area contributed by atoms with Gasteiger partial charge >= 0.3 is 0 Å². The second-order valence-electron chi connectivity index (χ2n) is 7.12. The number of benzene rings is 2. The van der Waals surface area contributed by atoms with Gasteiger partial charge in [0.25, 0.3) is 0 Å². The topological polar surface area (TPSA) is 66.8 Å². The molecule has 0 bridgehead atoms. The summed E-state index contributed by atoms with van der Waals surface area (Å²) in [5.74, 6) is 0.0390. The normalized spacial score (nSPS) is 22.4. The van der Waals surface area contributed by atoms with Gasteiger partial charge in [-0.1, -0.05) is 41.6 Å². The first-order valence-electron chi connectivity index (χ1n) is 8.99. The number of halogens is 2. The summed E-state index contributed by atoms with van der Waals surface area (Å²) < 4.78 is 37.6. The van der Waals surface area contributed by atoms with Gasteiger partial charge in [0.2, 0.25) is 0 Å². The number of fused-ring (bicyclic) bond motifs is 1. The van der Waals surface area contributed by atoms with Gasteiger partial charge in [-0.3, -0.25) is 9.79 Å². The van der Waals surface area contributed by atoms with Gasteiger partial charge in [0.05, 0.1) is 23.6 Å². The van der Waals surface area contributed by atoms with Crippen molar-refractivity contribution in [2.45, 2.75) is 24.8 Å². The van der Waals surface area contributed by atoms with Crippen LogP contribution in [0, 0.1) is 5.82 Å². The average Bonchev–Trinajstić information content (AvgIpc) is 3.12. The van der Waals surface area contributed by atoms with Gasteiger partial charge in [0.1, 0.15) is 5.82 Å². The molecule has 0 unspecified atom stereocenters. The van der Waals surface area contributed by atoms with Gasteiger partial charge in [0, 0.05) is 22.0 Å². The molecule has 2 aliphatic heterocycles. The van der Waals surface area contributed by atoms with E-state index in [0.717, 1.165) is 11.3 Å². The number of carbonyl (C=O) groups excluding carboxylic acids is 1. The van der Waals surface area contributed by atoms with Gasteiger partial charge in [-0.2, -0.15) is 0 Å². The number of thioether (sulfide) groups is 1. The van der Waals surface area contributed by atoms with Crippen LogP contribution in [0.5, 0.6) is 0 Å². The van der Waals surface area contributed by atoms with Crippen molar-refractivity contribution in [3.63, 3.8) is 0 Å². The lowest BCUT2D eigenvalue weighted by Gasteiger charge is -2.27. The van der Waals surface area contributed by atoms with Crippen LogP contribution < -0.4 is 4.90 Å². The number of sulfone groups is 1. The van der Waals surface area contributed by atoms with Gasteiger partial charge < -0.3 is 4.90 Å². The molecule has 2 aromatic carbocycles. The Labute approximate surface area is 177 Å². The molecule has 0 aromatic heterocycles. The fraction of sp³-hybridized carbons (Fsp3) is 0.300. The van der Waals surface area contributed by atoms with Gasteiger partial charge in [-0.25, -0.2) is 12.8 Å². The summed E-state index contributed by atoms with van der Waals surface area (Å²) in [6.45, 7) is 1.49. The van der Waals surface area contributed by atoms with Gasteiger partial charge in [-0.05, 0) is 36.8 Å². The number of hydrogen-bond acceptors (Lipinski definition) is 6. The summed E-state index contributed by atoms with van der Waals surface area (Å²) in [6.07, 6.45) is 0. The van der Waals surface area contributed by atoms with E-state index in [0.29, 0.717) is 21.5 Å². The van der Waals surface area contributed by atoms with Crippen LogP contribution in [0.1, 0.15) is 22.8 Å². The van der Waals surface area contributed by atoms with Crippen LogP contribution in [0.2, 0.25) is 5.02 Å². The largest absolute Gasteiger partial charge is 0.315 e.